The number of sulfonamides is 1. The molecule has 3 aromatic carbocycles. The highest BCUT2D eigenvalue weighted by atomic mass is 35.5. The molecular weight excluding hydrogens is 534 g/mol. The minimum absolute atomic E-state index is 0.00978. The number of amides is 2. The normalized spacial score (nSPS) is 12.8. The topological polar surface area (TPSA) is 86.8 Å². The molecule has 3 aromatic rings. The van der Waals surface area contributed by atoms with Crippen LogP contribution in [0.5, 0.6) is 0 Å². The number of halogens is 1. The maximum absolute atomic E-state index is 14.1. The average molecular weight is 570 g/mol. The summed E-state index contributed by atoms with van der Waals surface area (Å²) in [6.07, 6.45) is 1.12. The number of aryl methyl sites for hydroxylation is 1. The molecule has 0 saturated carbocycles. The number of nitrogens with zero attached hydrogens (tertiary/aromatic N) is 2. The minimum Gasteiger partial charge on any atom is -0.352 e. The van der Waals surface area contributed by atoms with Crippen LogP contribution in [0.1, 0.15) is 44.7 Å². The summed E-state index contributed by atoms with van der Waals surface area (Å²) in [5.74, 6) is -0.744. The Morgan fingerprint density at radius 1 is 0.897 bits per heavy atom. The van der Waals surface area contributed by atoms with Crippen molar-refractivity contribution in [1.29, 1.82) is 0 Å². The maximum Gasteiger partial charge on any atom is 0.264 e. The van der Waals surface area contributed by atoms with E-state index in [2.05, 4.69) is 5.32 Å². The molecule has 0 heterocycles. The zero-order chi connectivity index (χ0) is 28.6. The quantitative estimate of drug-likeness (QED) is 0.309. The average Bonchev–Trinajstić information content (AvgIpc) is 2.93. The molecule has 0 fully saturated rings. The summed E-state index contributed by atoms with van der Waals surface area (Å²) in [4.78, 5) is 28.9. The van der Waals surface area contributed by atoms with E-state index in [1.54, 1.807) is 30.3 Å². The SMILES string of the molecule is CC[C@@H](C)NC(=O)[C@@H](CC)N(Cc1ccccc1C)C(=O)CN(c1ccccc1)S(=O)(=O)c1ccc(Cl)cc1. The minimum atomic E-state index is -4.13. The van der Waals surface area contributed by atoms with Gasteiger partial charge in [-0.05, 0) is 74.2 Å². The summed E-state index contributed by atoms with van der Waals surface area (Å²) in [6, 6.07) is 21.1. The number of para-hydroxylation sites is 1. The van der Waals surface area contributed by atoms with E-state index < -0.39 is 28.5 Å². The Kier molecular flexibility index (Phi) is 10.5. The number of anilines is 1. The van der Waals surface area contributed by atoms with Gasteiger partial charge < -0.3 is 10.2 Å². The monoisotopic (exact) mass is 569 g/mol. The number of nitrogens with one attached hydrogen (secondary N) is 1. The van der Waals surface area contributed by atoms with Gasteiger partial charge in [-0.3, -0.25) is 13.9 Å². The summed E-state index contributed by atoms with van der Waals surface area (Å²) < 4.78 is 28.7. The fourth-order valence-corrected chi connectivity index (χ4v) is 5.73. The number of hydrogen-bond acceptors (Lipinski definition) is 4. The van der Waals surface area contributed by atoms with E-state index in [4.69, 9.17) is 11.6 Å². The first-order valence-corrected chi connectivity index (χ1v) is 14.9. The Morgan fingerprint density at radius 2 is 1.51 bits per heavy atom. The fourth-order valence-electron chi connectivity index (χ4n) is 4.19. The van der Waals surface area contributed by atoms with Gasteiger partial charge in [0.05, 0.1) is 10.6 Å². The Bertz CT molecular complexity index is 1360. The molecule has 0 bridgehead atoms. The third-order valence-electron chi connectivity index (χ3n) is 6.71. The second-order valence-corrected chi connectivity index (χ2v) is 11.8. The Morgan fingerprint density at radius 3 is 2.10 bits per heavy atom. The molecular formula is C30H36ClN3O4S. The van der Waals surface area contributed by atoms with Crippen LogP contribution in [-0.4, -0.2) is 43.8 Å². The van der Waals surface area contributed by atoms with E-state index in [-0.39, 0.29) is 23.4 Å². The van der Waals surface area contributed by atoms with Gasteiger partial charge in [0, 0.05) is 17.6 Å². The first kappa shape index (κ1) is 30.2. The largest absolute Gasteiger partial charge is 0.352 e. The molecule has 39 heavy (non-hydrogen) atoms. The lowest BCUT2D eigenvalue weighted by Gasteiger charge is -2.34. The number of carbonyl (C=O) groups excluding carboxylic acids is 2. The summed E-state index contributed by atoms with van der Waals surface area (Å²) >= 11 is 5.99. The molecule has 2 amide bonds. The molecule has 0 spiro atoms. The van der Waals surface area contributed by atoms with Gasteiger partial charge in [0.1, 0.15) is 12.6 Å². The van der Waals surface area contributed by atoms with Crippen molar-refractivity contribution in [2.24, 2.45) is 0 Å². The second kappa shape index (κ2) is 13.6. The van der Waals surface area contributed by atoms with Gasteiger partial charge in [0.25, 0.3) is 10.0 Å². The van der Waals surface area contributed by atoms with Crippen molar-refractivity contribution in [2.75, 3.05) is 10.8 Å². The third-order valence-corrected chi connectivity index (χ3v) is 8.75. The molecule has 3 rings (SSSR count). The molecule has 0 aliphatic carbocycles. The highest BCUT2D eigenvalue weighted by molar-refractivity contribution is 7.92. The van der Waals surface area contributed by atoms with Crippen LogP contribution >= 0.6 is 11.6 Å². The molecule has 7 nitrogen and oxygen atoms in total. The van der Waals surface area contributed by atoms with Crippen molar-refractivity contribution in [3.8, 4) is 0 Å². The number of rotatable bonds is 12. The molecule has 9 heteroatoms. The van der Waals surface area contributed by atoms with Crippen molar-refractivity contribution in [2.45, 2.75) is 64.1 Å². The van der Waals surface area contributed by atoms with Crippen LogP contribution in [0, 0.1) is 6.92 Å². The lowest BCUT2D eigenvalue weighted by Crippen LogP contribution is -2.53. The van der Waals surface area contributed by atoms with E-state index in [9.17, 15) is 18.0 Å². The van der Waals surface area contributed by atoms with Crippen LogP contribution in [0.4, 0.5) is 5.69 Å². The van der Waals surface area contributed by atoms with Gasteiger partial charge in [0.15, 0.2) is 0 Å². The standard InChI is InChI=1S/C30H36ClN3O4S/c1-5-23(4)32-30(36)28(6-2)33(20-24-13-11-10-12-22(24)3)29(35)21-34(26-14-8-7-9-15-26)39(37,38)27-18-16-25(31)17-19-27/h7-19,23,28H,5-6,20-21H2,1-4H3,(H,32,36)/t23-,28-/m1/s1. The Balaban J connectivity index is 2.04. The smallest absolute Gasteiger partial charge is 0.264 e. The van der Waals surface area contributed by atoms with E-state index >= 15 is 0 Å². The van der Waals surface area contributed by atoms with Crippen molar-refractivity contribution in [1.82, 2.24) is 10.2 Å². The predicted octanol–water partition coefficient (Wildman–Crippen LogP) is 5.57. The highest BCUT2D eigenvalue weighted by Gasteiger charge is 2.34. The van der Waals surface area contributed by atoms with E-state index in [0.29, 0.717) is 17.1 Å². The van der Waals surface area contributed by atoms with Crippen molar-refractivity contribution < 1.29 is 18.0 Å². The molecule has 0 saturated heterocycles. The van der Waals surface area contributed by atoms with Crippen LogP contribution in [-0.2, 0) is 26.2 Å². The third kappa shape index (κ3) is 7.61. The first-order valence-electron chi connectivity index (χ1n) is 13.1. The van der Waals surface area contributed by atoms with Crippen LogP contribution in [0.25, 0.3) is 0 Å². The molecule has 1 N–H and O–H groups in total. The molecule has 0 unspecified atom stereocenters. The van der Waals surface area contributed by atoms with Crippen LogP contribution in [0.2, 0.25) is 5.02 Å². The first-order chi connectivity index (χ1) is 18.6. The van der Waals surface area contributed by atoms with Crippen molar-refractivity contribution in [3.05, 3.63) is 95.0 Å². The molecule has 208 valence electrons. The Hall–Kier alpha value is -3.36. The van der Waals surface area contributed by atoms with E-state index in [0.717, 1.165) is 21.9 Å². The zero-order valence-electron chi connectivity index (χ0n) is 22.8. The van der Waals surface area contributed by atoms with Crippen LogP contribution in [0.15, 0.2) is 83.8 Å². The summed E-state index contributed by atoms with van der Waals surface area (Å²) in [6.45, 7) is 7.36. The summed E-state index contributed by atoms with van der Waals surface area (Å²) in [5, 5.41) is 3.39. The lowest BCUT2D eigenvalue weighted by atomic mass is 10.1. The Labute approximate surface area is 236 Å². The zero-order valence-corrected chi connectivity index (χ0v) is 24.4. The van der Waals surface area contributed by atoms with Gasteiger partial charge in [-0.2, -0.15) is 0 Å². The van der Waals surface area contributed by atoms with Gasteiger partial charge in [0.2, 0.25) is 11.8 Å². The van der Waals surface area contributed by atoms with Crippen molar-refractivity contribution >= 4 is 39.1 Å². The fraction of sp³-hybridized carbons (Fsp3) is 0.333. The predicted molar refractivity (Wildman–Crippen MR) is 156 cm³/mol. The van der Waals surface area contributed by atoms with Crippen LogP contribution < -0.4 is 9.62 Å². The number of carbonyl (C=O) groups is 2. The maximum atomic E-state index is 14.1. The van der Waals surface area contributed by atoms with E-state index in [1.165, 1.54) is 29.2 Å². The van der Waals surface area contributed by atoms with Crippen LogP contribution in [0.3, 0.4) is 0 Å². The molecule has 0 radical (unpaired) electrons. The van der Waals surface area contributed by atoms with Gasteiger partial charge in [-0.15, -0.1) is 0 Å². The lowest BCUT2D eigenvalue weighted by molar-refractivity contribution is -0.140. The molecule has 2 atom stereocenters. The molecule has 0 aliphatic rings. The summed E-state index contributed by atoms with van der Waals surface area (Å²) in [5.41, 5.74) is 2.20. The van der Waals surface area contributed by atoms with Gasteiger partial charge >= 0.3 is 0 Å². The van der Waals surface area contributed by atoms with Gasteiger partial charge in [-0.1, -0.05) is 67.9 Å². The van der Waals surface area contributed by atoms with E-state index in [1.807, 2.05) is 52.0 Å². The summed E-state index contributed by atoms with van der Waals surface area (Å²) in [7, 11) is -4.13. The molecule has 0 aliphatic heterocycles. The highest BCUT2D eigenvalue weighted by Crippen LogP contribution is 2.26. The second-order valence-electron chi connectivity index (χ2n) is 9.49. The number of hydrogen-bond donors (Lipinski definition) is 1. The number of benzene rings is 3. The van der Waals surface area contributed by atoms with Gasteiger partial charge in [-0.25, -0.2) is 8.42 Å². The molecule has 0 aromatic heterocycles. The van der Waals surface area contributed by atoms with Crippen molar-refractivity contribution in [3.63, 3.8) is 0 Å².